The fraction of sp³-hybridized carbons (Fsp3) is 0.609. The van der Waals surface area contributed by atoms with Crippen molar-refractivity contribution in [2.75, 3.05) is 26.7 Å². The zero-order chi connectivity index (χ0) is 19.1. The topological polar surface area (TPSA) is 41.6 Å². The van der Waals surface area contributed by atoms with Crippen molar-refractivity contribution in [2.45, 2.75) is 57.9 Å². The van der Waals surface area contributed by atoms with Crippen LogP contribution in [0.4, 0.5) is 0 Å². The van der Waals surface area contributed by atoms with Crippen molar-refractivity contribution in [3.8, 4) is 5.75 Å². The van der Waals surface area contributed by atoms with Crippen LogP contribution in [0.2, 0.25) is 0 Å². The summed E-state index contributed by atoms with van der Waals surface area (Å²) in [5.74, 6) is 1.68. The number of nitrogens with zero attached hydrogens (tertiary/aromatic N) is 1. The summed E-state index contributed by atoms with van der Waals surface area (Å²) in [4.78, 5) is 14.9. The third kappa shape index (κ3) is 6.10. The monoisotopic (exact) mass is 370 g/mol. The van der Waals surface area contributed by atoms with E-state index in [1.807, 2.05) is 31.2 Å². The lowest BCUT2D eigenvalue weighted by molar-refractivity contribution is -0.117. The molecule has 0 spiro atoms. The van der Waals surface area contributed by atoms with Gasteiger partial charge < -0.3 is 15.0 Å². The molecule has 1 aliphatic carbocycles. The number of piperidine rings is 1. The quantitative estimate of drug-likeness (QED) is 0.764. The fourth-order valence-electron chi connectivity index (χ4n) is 4.39. The third-order valence-electron chi connectivity index (χ3n) is 5.97. The maximum atomic E-state index is 12.3. The molecule has 2 fully saturated rings. The molecule has 0 atom stereocenters. The molecule has 3 rings (SSSR count). The Kier molecular flexibility index (Phi) is 7.33. The molecule has 1 aromatic carbocycles. The Hall–Kier alpha value is -1.81. The second-order valence-corrected chi connectivity index (χ2v) is 8.17. The standard InChI is InChI=1S/C23H34N2O2/c1-18-8-10-22(27-2)20(16-18)9-11-23(26)24-21-12-14-25(15-13-21)17-19-6-4-3-5-7-19/h8-11,16,19,21H,3-7,12-15,17H2,1-2H3,(H,24,26)/b11-9+. The predicted octanol–water partition coefficient (Wildman–Crippen LogP) is 4.18. The highest BCUT2D eigenvalue weighted by molar-refractivity contribution is 5.92. The molecule has 0 unspecified atom stereocenters. The number of amides is 1. The van der Waals surface area contributed by atoms with E-state index in [9.17, 15) is 4.79 Å². The second-order valence-electron chi connectivity index (χ2n) is 8.17. The Bertz CT molecular complexity index is 642. The van der Waals surface area contributed by atoms with E-state index in [1.54, 1.807) is 13.2 Å². The van der Waals surface area contributed by atoms with Crippen LogP contribution in [0.1, 0.15) is 56.1 Å². The average molecular weight is 371 g/mol. The number of carbonyl (C=O) groups is 1. The normalized spacial score (nSPS) is 20.1. The summed E-state index contributed by atoms with van der Waals surface area (Å²) in [6.45, 7) is 5.51. The van der Waals surface area contributed by atoms with Gasteiger partial charge in [0.25, 0.3) is 0 Å². The summed E-state index contributed by atoms with van der Waals surface area (Å²) >= 11 is 0. The second kappa shape index (κ2) is 9.93. The van der Waals surface area contributed by atoms with Gasteiger partial charge in [0, 0.05) is 37.3 Å². The maximum absolute atomic E-state index is 12.3. The summed E-state index contributed by atoms with van der Waals surface area (Å²) in [7, 11) is 1.66. The van der Waals surface area contributed by atoms with E-state index in [0.717, 1.165) is 48.7 Å². The van der Waals surface area contributed by atoms with Crippen LogP contribution < -0.4 is 10.1 Å². The first-order chi connectivity index (χ1) is 13.1. The van der Waals surface area contributed by atoms with Gasteiger partial charge in [0.15, 0.2) is 0 Å². The molecule has 4 heteroatoms. The smallest absolute Gasteiger partial charge is 0.244 e. The Labute approximate surface area is 164 Å². The van der Waals surface area contributed by atoms with Crippen molar-refractivity contribution in [3.05, 3.63) is 35.4 Å². The lowest BCUT2D eigenvalue weighted by Gasteiger charge is -2.35. The van der Waals surface area contributed by atoms with Crippen LogP contribution >= 0.6 is 0 Å². The minimum atomic E-state index is -0.00992. The molecule has 1 saturated carbocycles. The summed E-state index contributed by atoms with van der Waals surface area (Å²) in [5, 5.41) is 3.17. The van der Waals surface area contributed by atoms with Crippen molar-refractivity contribution < 1.29 is 9.53 Å². The van der Waals surface area contributed by atoms with Crippen molar-refractivity contribution >= 4 is 12.0 Å². The number of hydrogen-bond acceptors (Lipinski definition) is 3. The largest absolute Gasteiger partial charge is 0.496 e. The highest BCUT2D eigenvalue weighted by atomic mass is 16.5. The summed E-state index contributed by atoms with van der Waals surface area (Å²) in [6.07, 6.45) is 12.6. The molecule has 1 aliphatic heterocycles. The summed E-state index contributed by atoms with van der Waals surface area (Å²) in [5.41, 5.74) is 2.09. The molecule has 0 bridgehead atoms. The van der Waals surface area contributed by atoms with Crippen LogP contribution in [-0.4, -0.2) is 43.6 Å². The number of ether oxygens (including phenoxy) is 1. The van der Waals surface area contributed by atoms with Gasteiger partial charge in [-0.05, 0) is 56.7 Å². The van der Waals surface area contributed by atoms with Gasteiger partial charge in [-0.15, -0.1) is 0 Å². The van der Waals surface area contributed by atoms with Gasteiger partial charge in [0.05, 0.1) is 7.11 Å². The predicted molar refractivity (Wildman–Crippen MR) is 111 cm³/mol. The average Bonchev–Trinajstić information content (AvgIpc) is 2.69. The molecule has 1 N–H and O–H groups in total. The molecule has 4 nitrogen and oxygen atoms in total. The molecule has 1 amide bonds. The van der Waals surface area contributed by atoms with Crippen LogP contribution in [0.25, 0.3) is 6.08 Å². The molecule has 148 valence electrons. The summed E-state index contributed by atoms with van der Waals surface area (Å²) in [6, 6.07) is 6.28. The minimum absolute atomic E-state index is 0.00992. The number of carbonyl (C=O) groups excluding carboxylic acids is 1. The van der Waals surface area contributed by atoms with E-state index in [0.29, 0.717) is 6.04 Å². The van der Waals surface area contributed by atoms with Gasteiger partial charge in [-0.2, -0.15) is 0 Å². The first kappa shape index (κ1) is 19.9. The van der Waals surface area contributed by atoms with Crippen LogP contribution in [0, 0.1) is 12.8 Å². The lowest BCUT2D eigenvalue weighted by atomic mass is 9.88. The Morgan fingerprint density at radius 3 is 2.63 bits per heavy atom. The molecule has 1 aromatic rings. The van der Waals surface area contributed by atoms with E-state index in [1.165, 1.54) is 38.6 Å². The Balaban J connectivity index is 1.43. The van der Waals surface area contributed by atoms with Crippen LogP contribution in [-0.2, 0) is 4.79 Å². The van der Waals surface area contributed by atoms with Crippen LogP contribution in [0.3, 0.4) is 0 Å². The van der Waals surface area contributed by atoms with Gasteiger partial charge in [-0.1, -0.05) is 30.9 Å². The zero-order valence-corrected chi connectivity index (χ0v) is 16.9. The minimum Gasteiger partial charge on any atom is -0.496 e. The number of nitrogens with one attached hydrogen (secondary N) is 1. The molecular formula is C23H34N2O2. The molecule has 1 heterocycles. The van der Waals surface area contributed by atoms with Gasteiger partial charge >= 0.3 is 0 Å². The van der Waals surface area contributed by atoms with Crippen molar-refractivity contribution in [3.63, 3.8) is 0 Å². The Morgan fingerprint density at radius 2 is 1.93 bits per heavy atom. The lowest BCUT2D eigenvalue weighted by Crippen LogP contribution is -2.45. The molecular weight excluding hydrogens is 336 g/mol. The molecule has 2 aliphatic rings. The van der Waals surface area contributed by atoms with Crippen molar-refractivity contribution in [1.82, 2.24) is 10.2 Å². The van der Waals surface area contributed by atoms with Gasteiger partial charge in [-0.3, -0.25) is 4.79 Å². The Morgan fingerprint density at radius 1 is 1.19 bits per heavy atom. The number of hydrogen-bond donors (Lipinski definition) is 1. The van der Waals surface area contributed by atoms with E-state index >= 15 is 0 Å². The maximum Gasteiger partial charge on any atom is 0.244 e. The first-order valence-corrected chi connectivity index (χ1v) is 10.5. The number of aryl methyl sites for hydroxylation is 1. The molecule has 1 saturated heterocycles. The number of methoxy groups -OCH3 is 1. The van der Waals surface area contributed by atoms with E-state index in [2.05, 4.69) is 10.2 Å². The van der Waals surface area contributed by atoms with E-state index < -0.39 is 0 Å². The van der Waals surface area contributed by atoms with Gasteiger partial charge in [0.2, 0.25) is 5.91 Å². The van der Waals surface area contributed by atoms with Crippen LogP contribution in [0.5, 0.6) is 5.75 Å². The summed E-state index contributed by atoms with van der Waals surface area (Å²) < 4.78 is 5.37. The highest BCUT2D eigenvalue weighted by Crippen LogP contribution is 2.25. The van der Waals surface area contributed by atoms with E-state index in [-0.39, 0.29) is 5.91 Å². The van der Waals surface area contributed by atoms with Gasteiger partial charge in [0.1, 0.15) is 5.75 Å². The zero-order valence-electron chi connectivity index (χ0n) is 16.9. The van der Waals surface area contributed by atoms with E-state index in [4.69, 9.17) is 4.74 Å². The number of rotatable bonds is 6. The molecule has 0 aromatic heterocycles. The fourth-order valence-corrected chi connectivity index (χ4v) is 4.39. The molecule has 27 heavy (non-hydrogen) atoms. The van der Waals surface area contributed by atoms with Crippen molar-refractivity contribution in [2.24, 2.45) is 5.92 Å². The number of benzene rings is 1. The first-order valence-electron chi connectivity index (χ1n) is 10.5. The molecule has 0 radical (unpaired) electrons. The van der Waals surface area contributed by atoms with Crippen LogP contribution in [0.15, 0.2) is 24.3 Å². The van der Waals surface area contributed by atoms with Gasteiger partial charge in [-0.25, -0.2) is 0 Å². The van der Waals surface area contributed by atoms with Crippen molar-refractivity contribution in [1.29, 1.82) is 0 Å². The third-order valence-corrected chi connectivity index (χ3v) is 5.97. The highest BCUT2D eigenvalue weighted by Gasteiger charge is 2.23. The SMILES string of the molecule is COc1ccc(C)cc1/C=C/C(=O)NC1CCN(CC2CCCCC2)CC1. The number of likely N-dealkylation sites (tertiary alicyclic amines) is 1.